The van der Waals surface area contributed by atoms with Gasteiger partial charge in [-0.15, -0.1) is 0 Å². The summed E-state index contributed by atoms with van der Waals surface area (Å²) in [5.41, 5.74) is 0.969. The summed E-state index contributed by atoms with van der Waals surface area (Å²) >= 11 is 5.75. The van der Waals surface area contributed by atoms with Gasteiger partial charge in [-0.2, -0.15) is 0 Å². The van der Waals surface area contributed by atoms with Gasteiger partial charge in [0.2, 0.25) is 0 Å². The molecule has 1 rings (SSSR count). The summed E-state index contributed by atoms with van der Waals surface area (Å²) in [7, 11) is 4.06. The van der Waals surface area contributed by atoms with Crippen LogP contribution in [0.3, 0.4) is 0 Å². The van der Waals surface area contributed by atoms with E-state index in [1.54, 1.807) is 12.3 Å². The summed E-state index contributed by atoms with van der Waals surface area (Å²) in [6.07, 6.45) is 1.68. The standard InChI is InChI=1S/C11H18ClN3O/c1-15(2)6-8-16-7-5-13-10-3-4-14-11(12)9-10/h3-4,9H,5-8H2,1-2H3,(H,13,14). The number of pyridine rings is 1. The molecule has 0 aliphatic rings. The Morgan fingerprint density at radius 1 is 1.44 bits per heavy atom. The van der Waals surface area contributed by atoms with Crippen molar-refractivity contribution in [3.63, 3.8) is 0 Å². The lowest BCUT2D eigenvalue weighted by Crippen LogP contribution is -2.20. The van der Waals surface area contributed by atoms with Crippen molar-refractivity contribution in [1.29, 1.82) is 0 Å². The Bertz CT molecular complexity index is 307. The number of hydrogen-bond acceptors (Lipinski definition) is 4. The van der Waals surface area contributed by atoms with Crippen LogP contribution in [0.4, 0.5) is 5.69 Å². The Balaban J connectivity index is 2.07. The van der Waals surface area contributed by atoms with Gasteiger partial charge in [-0.25, -0.2) is 4.98 Å². The fourth-order valence-corrected chi connectivity index (χ4v) is 1.30. The van der Waals surface area contributed by atoms with Crippen molar-refractivity contribution >= 4 is 17.3 Å². The Morgan fingerprint density at radius 2 is 2.25 bits per heavy atom. The minimum Gasteiger partial charge on any atom is -0.383 e. The number of halogens is 1. The second kappa shape index (κ2) is 7.44. The van der Waals surface area contributed by atoms with E-state index in [9.17, 15) is 0 Å². The van der Waals surface area contributed by atoms with E-state index in [1.807, 2.05) is 20.2 Å². The van der Waals surface area contributed by atoms with E-state index in [4.69, 9.17) is 16.3 Å². The Kier molecular flexibility index (Phi) is 6.15. The normalized spacial score (nSPS) is 10.8. The molecule has 0 aliphatic carbocycles. The van der Waals surface area contributed by atoms with Crippen molar-refractivity contribution in [3.05, 3.63) is 23.5 Å². The van der Waals surface area contributed by atoms with Gasteiger partial charge in [0.25, 0.3) is 0 Å². The van der Waals surface area contributed by atoms with E-state index in [0.29, 0.717) is 11.8 Å². The zero-order valence-corrected chi connectivity index (χ0v) is 10.5. The summed E-state index contributed by atoms with van der Waals surface area (Å²) < 4.78 is 5.44. The highest BCUT2D eigenvalue weighted by Crippen LogP contribution is 2.10. The minimum atomic E-state index is 0.499. The van der Waals surface area contributed by atoms with Gasteiger partial charge in [0.05, 0.1) is 13.2 Å². The second-order valence-electron chi connectivity index (χ2n) is 3.71. The topological polar surface area (TPSA) is 37.4 Å². The fraction of sp³-hybridized carbons (Fsp3) is 0.545. The summed E-state index contributed by atoms with van der Waals surface area (Å²) in [6, 6.07) is 3.67. The maximum atomic E-state index is 5.75. The number of ether oxygens (including phenoxy) is 1. The molecule has 0 aromatic carbocycles. The summed E-state index contributed by atoms with van der Waals surface area (Å²) in [5, 5.41) is 3.71. The van der Waals surface area contributed by atoms with Gasteiger partial charge >= 0.3 is 0 Å². The molecule has 1 heterocycles. The summed E-state index contributed by atoms with van der Waals surface area (Å²) in [4.78, 5) is 6.00. The molecule has 1 N–H and O–H groups in total. The molecule has 0 saturated heterocycles. The zero-order chi connectivity index (χ0) is 11.8. The van der Waals surface area contributed by atoms with Gasteiger partial charge in [-0.05, 0) is 26.2 Å². The lowest BCUT2D eigenvalue weighted by Gasteiger charge is -2.10. The van der Waals surface area contributed by atoms with E-state index in [-0.39, 0.29) is 0 Å². The van der Waals surface area contributed by atoms with Crippen LogP contribution in [0.1, 0.15) is 0 Å². The van der Waals surface area contributed by atoms with Crippen molar-refractivity contribution in [2.45, 2.75) is 0 Å². The zero-order valence-electron chi connectivity index (χ0n) is 9.74. The molecule has 0 aliphatic heterocycles. The third kappa shape index (κ3) is 5.90. The van der Waals surface area contributed by atoms with E-state index >= 15 is 0 Å². The largest absolute Gasteiger partial charge is 0.383 e. The smallest absolute Gasteiger partial charge is 0.131 e. The van der Waals surface area contributed by atoms with Crippen LogP contribution >= 0.6 is 11.6 Å². The second-order valence-corrected chi connectivity index (χ2v) is 4.10. The number of rotatable bonds is 7. The first-order valence-corrected chi connectivity index (χ1v) is 5.64. The van der Waals surface area contributed by atoms with Gasteiger partial charge in [-0.1, -0.05) is 11.6 Å². The molecule has 1 aromatic rings. The van der Waals surface area contributed by atoms with Gasteiger partial charge in [0.15, 0.2) is 0 Å². The molecule has 0 atom stereocenters. The van der Waals surface area contributed by atoms with Crippen LogP contribution in [0.2, 0.25) is 5.15 Å². The maximum absolute atomic E-state index is 5.75. The number of nitrogens with zero attached hydrogens (tertiary/aromatic N) is 2. The Morgan fingerprint density at radius 3 is 2.94 bits per heavy atom. The van der Waals surface area contributed by atoms with E-state index < -0.39 is 0 Å². The molecule has 90 valence electrons. The predicted molar refractivity (Wildman–Crippen MR) is 67.1 cm³/mol. The van der Waals surface area contributed by atoms with Crippen LogP contribution in [0.15, 0.2) is 18.3 Å². The summed E-state index contributed by atoms with van der Waals surface area (Å²) in [6.45, 7) is 3.16. The number of anilines is 1. The third-order valence-corrected chi connectivity index (χ3v) is 2.19. The van der Waals surface area contributed by atoms with Crippen LogP contribution in [0.25, 0.3) is 0 Å². The van der Waals surface area contributed by atoms with E-state index in [1.165, 1.54) is 0 Å². The Labute approximate surface area is 102 Å². The SMILES string of the molecule is CN(C)CCOCCNc1ccnc(Cl)c1. The van der Waals surface area contributed by atoms with Crippen molar-refractivity contribution in [3.8, 4) is 0 Å². The van der Waals surface area contributed by atoms with Crippen molar-refractivity contribution in [2.75, 3.05) is 45.7 Å². The molecular weight excluding hydrogens is 226 g/mol. The first kappa shape index (κ1) is 13.2. The molecule has 0 amide bonds. The first-order chi connectivity index (χ1) is 7.68. The average molecular weight is 244 g/mol. The maximum Gasteiger partial charge on any atom is 0.131 e. The molecule has 1 aromatic heterocycles. The molecule has 4 nitrogen and oxygen atoms in total. The highest BCUT2D eigenvalue weighted by Gasteiger charge is 1.94. The van der Waals surface area contributed by atoms with Crippen molar-refractivity contribution in [2.24, 2.45) is 0 Å². The number of likely N-dealkylation sites (N-methyl/N-ethyl adjacent to an activating group) is 1. The number of nitrogens with one attached hydrogen (secondary N) is 1. The first-order valence-electron chi connectivity index (χ1n) is 5.26. The fourth-order valence-electron chi connectivity index (χ4n) is 1.13. The van der Waals surface area contributed by atoms with Crippen LogP contribution < -0.4 is 5.32 Å². The lowest BCUT2D eigenvalue weighted by molar-refractivity contribution is 0.126. The van der Waals surface area contributed by atoms with Crippen LogP contribution in [0.5, 0.6) is 0 Å². The van der Waals surface area contributed by atoms with Crippen LogP contribution in [0, 0.1) is 0 Å². The van der Waals surface area contributed by atoms with Crippen LogP contribution in [-0.4, -0.2) is 50.3 Å². The van der Waals surface area contributed by atoms with Gasteiger partial charge < -0.3 is 15.0 Å². The third-order valence-electron chi connectivity index (χ3n) is 1.98. The number of hydrogen-bond donors (Lipinski definition) is 1. The molecule has 16 heavy (non-hydrogen) atoms. The molecule has 0 spiro atoms. The van der Waals surface area contributed by atoms with Gasteiger partial charge in [0, 0.05) is 25.0 Å². The predicted octanol–water partition coefficient (Wildman–Crippen LogP) is 1.73. The molecule has 0 radical (unpaired) electrons. The molecule has 0 saturated carbocycles. The average Bonchev–Trinajstić information content (AvgIpc) is 2.23. The highest BCUT2D eigenvalue weighted by molar-refractivity contribution is 6.29. The van der Waals surface area contributed by atoms with E-state index in [0.717, 1.165) is 25.4 Å². The quantitative estimate of drug-likeness (QED) is 0.585. The minimum absolute atomic E-state index is 0.499. The number of aromatic nitrogens is 1. The molecular formula is C11H18ClN3O. The van der Waals surface area contributed by atoms with Crippen molar-refractivity contribution < 1.29 is 4.74 Å². The Hall–Kier alpha value is -0.840. The molecule has 0 bridgehead atoms. The molecule has 0 unspecified atom stereocenters. The van der Waals surface area contributed by atoms with Crippen molar-refractivity contribution in [1.82, 2.24) is 9.88 Å². The monoisotopic (exact) mass is 243 g/mol. The highest BCUT2D eigenvalue weighted by atomic mass is 35.5. The summed E-state index contributed by atoms with van der Waals surface area (Å²) in [5.74, 6) is 0. The van der Waals surface area contributed by atoms with E-state index in [2.05, 4.69) is 15.2 Å². The lowest BCUT2D eigenvalue weighted by atomic mass is 10.4. The van der Waals surface area contributed by atoms with Gasteiger partial charge in [-0.3, -0.25) is 0 Å². The molecule has 0 fully saturated rings. The van der Waals surface area contributed by atoms with Gasteiger partial charge in [0.1, 0.15) is 5.15 Å². The van der Waals surface area contributed by atoms with Crippen LogP contribution in [-0.2, 0) is 4.74 Å². The molecule has 5 heteroatoms.